The summed E-state index contributed by atoms with van der Waals surface area (Å²) in [7, 11) is 0. The number of ether oxygens (including phenoxy) is 1. The summed E-state index contributed by atoms with van der Waals surface area (Å²) in [6.07, 6.45) is 4.57. The van der Waals surface area contributed by atoms with Crippen molar-refractivity contribution in [2.24, 2.45) is 23.0 Å². The van der Waals surface area contributed by atoms with Gasteiger partial charge in [-0.2, -0.15) is 0 Å². The second kappa shape index (κ2) is 6.39. The maximum Gasteiger partial charge on any atom is 0.233 e. The molecule has 0 spiro atoms. The zero-order chi connectivity index (χ0) is 14.8. The summed E-state index contributed by atoms with van der Waals surface area (Å²) in [6.45, 7) is 5.63. The number of carbonyl (C=O) groups excluding carboxylic acids is 1. The van der Waals surface area contributed by atoms with Crippen molar-refractivity contribution in [2.45, 2.75) is 52.0 Å². The molecule has 1 heterocycles. The number of nitrogens with one attached hydrogen (secondary N) is 1. The maximum atomic E-state index is 12.7. The van der Waals surface area contributed by atoms with Crippen LogP contribution in [0.4, 0.5) is 0 Å². The van der Waals surface area contributed by atoms with Gasteiger partial charge in [0.2, 0.25) is 5.91 Å². The monoisotopic (exact) mass is 298 g/mol. The molecule has 0 aromatic rings. The Labute approximate surface area is 126 Å². The van der Waals surface area contributed by atoms with Gasteiger partial charge in [-0.3, -0.25) is 4.79 Å². The fourth-order valence-corrected chi connectivity index (χ4v) is 3.99. The van der Waals surface area contributed by atoms with Crippen molar-refractivity contribution in [3.8, 4) is 0 Å². The topological polar surface area (TPSA) is 64.4 Å². The van der Waals surface area contributed by atoms with E-state index in [0.717, 1.165) is 12.8 Å². The van der Waals surface area contributed by atoms with Crippen molar-refractivity contribution in [1.82, 2.24) is 5.32 Å². The molecule has 0 aromatic carbocycles. The predicted octanol–water partition coefficient (Wildman–Crippen LogP) is 2.01. The fraction of sp³-hybridized carbons (Fsp3) is 0.867. The van der Waals surface area contributed by atoms with Gasteiger partial charge >= 0.3 is 0 Å². The first-order valence-corrected chi connectivity index (χ1v) is 8.03. The smallest absolute Gasteiger partial charge is 0.233 e. The lowest BCUT2D eigenvalue weighted by Gasteiger charge is -2.38. The predicted molar refractivity (Wildman–Crippen MR) is 83.4 cm³/mol. The molecule has 114 valence electrons. The van der Waals surface area contributed by atoms with Crippen molar-refractivity contribution >= 4 is 23.1 Å². The fourth-order valence-electron chi connectivity index (χ4n) is 3.69. The molecule has 3 N–H and O–H groups in total. The third-order valence-electron chi connectivity index (χ3n) is 4.77. The van der Waals surface area contributed by atoms with Crippen molar-refractivity contribution in [1.29, 1.82) is 0 Å². The Bertz CT molecular complexity index is 370. The molecule has 0 aromatic heterocycles. The average Bonchev–Trinajstić information content (AvgIpc) is 2.38. The summed E-state index contributed by atoms with van der Waals surface area (Å²) >= 11 is 5.18. The van der Waals surface area contributed by atoms with Gasteiger partial charge in [0.15, 0.2) is 0 Å². The summed E-state index contributed by atoms with van der Waals surface area (Å²) in [5, 5.41) is 3.21. The van der Waals surface area contributed by atoms with Gasteiger partial charge in [0, 0.05) is 19.3 Å². The number of hydrogen-bond donors (Lipinski definition) is 2. The van der Waals surface area contributed by atoms with E-state index >= 15 is 0 Å². The molecule has 20 heavy (non-hydrogen) atoms. The molecular formula is C15H26N2O2S. The van der Waals surface area contributed by atoms with E-state index in [1.165, 1.54) is 6.42 Å². The summed E-state index contributed by atoms with van der Waals surface area (Å²) in [5.74, 6) is 1.35. The Morgan fingerprint density at radius 3 is 2.25 bits per heavy atom. The number of amides is 1. The number of thiocarbonyl (C=S) groups is 1. The van der Waals surface area contributed by atoms with Crippen molar-refractivity contribution in [2.75, 3.05) is 13.2 Å². The highest BCUT2D eigenvalue weighted by atomic mass is 32.1. The van der Waals surface area contributed by atoms with Crippen LogP contribution in [0.1, 0.15) is 46.0 Å². The Morgan fingerprint density at radius 2 is 1.75 bits per heavy atom. The largest absolute Gasteiger partial charge is 0.392 e. The van der Waals surface area contributed by atoms with E-state index in [0.29, 0.717) is 42.9 Å². The van der Waals surface area contributed by atoms with Crippen LogP contribution in [0, 0.1) is 17.3 Å². The van der Waals surface area contributed by atoms with Crippen LogP contribution in [0.15, 0.2) is 0 Å². The summed E-state index contributed by atoms with van der Waals surface area (Å²) in [6, 6.07) is 0.260. The minimum atomic E-state index is -0.697. The molecule has 4 nitrogen and oxygen atoms in total. The van der Waals surface area contributed by atoms with Crippen LogP contribution in [-0.2, 0) is 9.53 Å². The van der Waals surface area contributed by atoms with Gasteiger partial charge in [-0.25, -0.2) is 0 Å². The first-order valence-electron chi connectivity index (χ1n) is 7.62. The van der Waals surface area contributed by atoms with E-state index in [1.807, 2.05) is 0 Å². The first-order chi connectivity index (χ1) is 9.44. The molecule has 1 aliphatic carbocycles. The lowest BCUT2D eigenvalue weighted by atomic mass is 9.77. The van der Waals surface area contributed by atoms with Crippen LogP contribution in [0.2, 0.25) is 0 Å². The minimum absolute atomic E-state index is 0.0135. The third-order valence-corrected chi connectivity index (χ3v) is 5.16. The standard InChI is InChI=1S/C15H26N2O2S/c1-10-7-11(2)9-12(8-10)17-14(18)15(13(16)20)3-5-19-6-4-15/h10-12H,3-9H2,1-2H3,(H2,16,20)(H,17,18). The highest BCUT2D eigenvalue weighted by molar-refractivity contribution is 7.80. The van der Waals surface area contributed by atoms with E-state index in [-0.39, 0.29) is 11.9 Å². The van der Waals surface area contributed by atoms with Gasteiger partial charge in [0.25, 0.3) is 0 Å². The Kier molecular flexibility index (Phi) is 5.02. The molecule has 2 rings (SSSR count). The van der Waals surface area contributed by atoms with Gasteiger partial charge in [-0.05, 0) is 43.9 Å². The van der Waals surface area contributed by atoms with E-state index in [9.17, 15) is 4.79 Å². The number of nitrogens with two attached hydrogens (primary N) is 1. The molecule has 1 saturated carbocycles. The van der Waals surface area contributed by atoms with E-state index in [4.69, 9.17) is 22.7 Å². The highest BCUT2D eigenvalue weighted by Gasteiger charge is 2.44. The Hall–Kier alpha value is -0.680. The van der Waals surface area contributed by atoms with Gasteiger partial charge in [-0.1, -0.05) is 26.1 Å². The second-order valence-corrected chi connectivity index (χ2v) is 7.09. The summed E-state index contributed by atoms with van der Waals surface area (Å²) in [5.41, 5.74) is 5.18. The molecule has 5 heteroatoms. The molecular weight excluding hydrogens is 272 g/mol. The number of hydrogen-bond acceptors (Lipinski definition) is 3. The summed E-state index contributed by atoms with van der Waals surface area (Å²) < 4.78 is 5.35. The zero-order valence-corrected chi connectivity index (χ0v) is 13.3. The van der Waals surface area contributed by atoms with Crippen molar-refractivity contribution in [3.63, 3.8) is 0 Å². The van der Waals surface area contributed by atoms with E-state index in [1.54, 1.807) is 0 Å². The average molecular weight is 298 g/mol. The van der Waals surface area contributed by atoms with Crippen LogP contribution in [0.25, 0.3) is 0 Å². The SMILES string of the molecule is CC1CC(C)CC(NC(=O)C2(C(N)=S)CCOCC2)C1. The lowest BCUT2D eigenvalue weighted by molar-refractivity contribution is -0.132. The van der Waals surface area contributed by atoms with Crippen LogP contribution in [0.5, 0.6) is 0 Å². The molecule has 2 unspecified atom stereocenters. The molecule has 1 amide bonds. The second-order valence-electron chi connectivity index (χ2n) is 6.65. The van der Waals surface area contributed by atoms with Crippen LogP contribution >= 0.6 is 12.2 Å². The maximum absolute atomic E-state index is 12.7. The Morgan fingerprint density at radius 1 is 1.20 bits per heavy atom. The number of rotatable bonds is 3. The number of carbonyl (C=O) groups is 1. The normalized spacial score (nSPS) is 33.4. The van der Waals surface area contributed by atoms with E-state index in [2.05, 4.69) is 19.2 Å². The zero-order valence-electron chi connectivity index (χ0n) is 12.5. The molecule has 1 saturated heterocycles. The van der Waals surface area contributed by atoms with Crippen LogP contribution < -0.4 is 11.1 Å². The van der Waals surface area contributed by atoms with Crippen LogP contribution in [0.3, 0.4) is 0 Å². The molecule has 0 bridgehead atoms. The first kappa shape index (κ1) is 15.7. The summed E-state index contributed by atoms with van der Waals surface area (Å²) in [4.78, 5) is 13.0. The van der Waals surface area contributed by atoms with Gasteiger partial charge in [0.05, 0.1) is 4.99 Å². The highest BCUT2D eigenvalue weighted by Crippen LogP contribution is 2.33. The molecule has 1 aliphatic heterocycles. The van der Waals surface area contributed by atoms with Crippen LogP contribution in [-0.4, -0.2) is 30.2 Å². The molecule has 0 radical (unpaired) electrons. The minimum Gasteiger partial charge on any atom is -0.392 e. The third kappa shape index (κ3) is 3.31. The van der Waals surface area contributed by atoms with E-state index < -0.39 is 5.41 Å². The molecule has 2 aliphatic rings. The van der Waals surface area contributed by atoms with Gasteiger partial charge in [-0.15, -0.1) is 0 Å². The lowest BCUT2D eigenvalue weighted by Crippen LogP contribution is -2.54. The quantitative estimate of drug-likeness (QED) is 0.782. The Balaban J connectivity index is 2.03. The molecule has 2 fully saturated rings. The molecule has 2 atom stereocenters. The van der Waals surface area contributed by atoms with Crippen molar-refractivity contribution < 1.29 is 9.53 Å². The van der Waals surface area contributed by atoms with Gasteiger partial charge in [0.1, 0.15) is 5.41 Å². The van der Waals surface area contributed by atoms with Gasteiger partial charge < -0.3 is 15.8 Å². The van der Waals surface area contributed by atoms with Crippen molar-refractivity contribution in [3.05, 3.63) is 0 Å².